The highest BCUT2D eigenvalue weighted by Gasteiger charge is 2.26. The zero-order valence-corrected chi connectivity index (χ0v) is 7.87. The quantitative estimate of drug-likeness (QED) is 0.562. The molecular weight excluding hydrogens is 167 g/mol. The Balaban J connectivity index is 2.43. The molecule has 0 saturated carbocycles. The van der Waals surface area contributed by atoms with Crippen LogP contribution in [0.3, 0.4) is 0 Å². The highest BCUT2D eigenvalue weighted by molar-refractivity contribution is 5.54. The summed E-state index contributed by atoms with van der Waals surface area (Å²) in [4.78, 5) is 3.33. The Bertz CT molecular complexity index is 314. The van der Waals surface area contributed by atoms with Crippen molar-refractivity contribution in [3.05, 3.63) is 29.8 Å². The average Bonchev–Trinajstić information content (AvgIpc) is 2.15. The summed E-state index contributed by atoms with van der Waals surface area (Å²) in [6.45, 7) is 0.682. The summed E-state index contributed by atoms with van der Waals surface area (Å²) in [6.07, 6.45) is -1.00. The molecule has 0 saturated heterocycles. The van der Waals surface area contributed by atoms with Crippen molar-refractivity contribution in [2.75, 3.05) is 19.0 Å². The fourth-order valence-electron chi connectivity index (χ4n) is 1.74. The molecular formula is C10H13FN2. The Kier molecular flexibility index (Phi) is 1.96. The van der Waals surface area contributed by atoms with Crippen molar-refractivity contribution in [2.45, 2.75) is 13.0 Å². The van der Waals surface area contributed by atoms with Gasteiger partial charge in [-0.2, -0.15) is 0 Å². The van der Waals surface area contributed by atoms with E-state index in [0.717, 1.165) is 5.69 Å². The van der Waals surface area contributed by atoms with Gasteiger partial charge in [-0.05, 0) is 18.7 Å². The monoisotopic (exact) mass is 180 g/mol. The molecule has 70 valence electrons. The Hall–Kier alpha value is -1.09. The highest BCUT2D eigenvalue weighted by atomic mass is 19.1. The summed E-state index contributed by atoms with van der Waals surface area (Å²) in [5, 5.41) is 0. The van der Waals surface area contributed by atoms with Gasteiger partial charge in [-0.1, -0.05) is 18.2 Å². The molecule has 0 aliphatic carbocycles. The van der Waals surface area contributed by atoms with Crippen molar-refractivity contribution in [1.29, 1.82) is 0 Å². The first-order valence-electron chi connectivity index (χ1n) is 4.35. The number of alkyl halides is 1. The van der Waals surface area contributed by atoms with Gasteiger partial charge >= 0.3 is 0 Å². The van der Waals surface area contributed by atoms with E-state index >= 15 is 0 Å². The number of rotatable bonds is 0. The third-order valence-electron chi connectivity index (χ3n) is 2.47. The maximum atomic E-state index is 13.5. The highest BCUT2D eigenvalue weighted by Crippen LogP contribution is 2.28. The second-order valence-electron chi connectivity index (χ2n) is 3.47. The minimum Gasteiger partial charge on any atom is -0.332 e. The van der Waals surface area contributed by atoms with Crippen LogP contribution in [0, 0.1) is 0 Å². The van der Waals surface area contributed by atoms with Crippen LogP contribution in [0.25, 0.3) is 0 Å². The molecule has 0 bridgehead atoms. The summed E-state index contributed by atoms with van der Waals surface area (Å²) in [7, 11) is 3.57. The minimum absolute atomic E-state index is 0.682. The van der Waals surface area contributed by atoms with Crippen LogP contribution in [0.4, 0.5) is 10.1 Å². The molecule has 1 aromatic rings. The van der Waals surface area contributed by atoms with Gasteiger partial charge in [0, 0.05) is 19.3 Å². The Morgan fingerprint density at radius 3 is 2.77 bits per heavy atom. The van der Waals surface area contributed by atoms with Crippen LogP contribution in [0.15, 0.2) is 24.3 Å². The topological polar surface area (TPSA) is 6.48 Å². The zero-order chi connectivity index (χ0) is 9.42. The van der Waals surface area contributed by atoms with E-state index in [4.69, 9.17) is 0 Å². The average molecular weight is 180 g/mol. The van der Waals surface area contributed by atoms with Gasteiger partial charge in [0.15, 0.2) is 0 Å². The molecule has 2 nitrogen and oxygen atoms in total. The van der Waals surface area contributed by atoms with Gasteiger partial charge in [0.05, 0.1) is 0 Å². The molecule has 1 aliphatic heterocycles. The van der Waals surface area contributed by atoms with E-state index in [-0.39, 0.29) is 0 Å². The summed E-state index contributed by atoms with van der Waals surface area (Å²) in [5.41, 5.74) is 2.18. The molecule has 1 heterocycles. The Morgan fingerprint density at radius 2 is 2.00 bits per heavy atom. The van der Waals surface area contributed by atoms with Gasteiger partial charge in [0.1, 0.15) is 0 Å². The number of nitrogens with zero attached hydrogens (tertiary/aromatic N) is 2. The van der Waals surface area contributed by atoms with E-state index in [1.165, 1.54) is 5.56 Å². The normalized spacial score (nSPS) is 23.0. The van der Waals surface area contributed by atoms with Gasteiger partial charge in [0.2, 0.25) is 6.42 Å². The van der Waals surface area contributed by atoms with Crippen molar-refractivity contribution in [3.8, 4) is 0 Å². The third-order valence-corrected chi connectivity index (χ3v) is 2.47. The van der Waals surface area contributed by atoms with Crippen molar-refractivity contribution < 1.29 is 4.39 Å². The number of halogens is 1. The largest absolute Gasteiger partial charge is 0.332 e. The second-order valence-corrected chi connectivity index (χ2v) is 3.47. The third kappa shape index (κ3) is 1.29. The number of para-hydroxylation sites is 1. The van der Waals surface area contributed by atoms with Crippen molar-refractivity contribution in [3.63, 3.8) is 0 Å². The lowest BCUT2D eigenvalue weighted by Gasteiger charge is -2.37. The smallest absolute Gasteiger partial charge is 0.229 e. The van der Waals surface area contributed by atoms with Crippen molar-refractivity contribution >= 4 is 5.69 Å². The molecule has 1 atom stereocenters. The molecule has 0 fully saturated rings. The van der Waals surface area contributed by atoms with E-state index in [9.17, 15) is 4.39 Å². The lowest BCUT2D eigenvalue weighted by Crippen LogP contribution is -2.45. The standard InChI is InChI=1S/C10H13FN2/c1-12-7-8-5-3-4-6-9(8)13(2)10(12)11/h3-6,10H,7H2,1-2H3. The molecule has 0 radical (unpaired) electrons. The molecule has 3 heteroatoms. The van der Waals surface area contributed by atoms with E-state index in [2.05, 4.69) is 0 Å². The van der Waals surface area contributed by atoms with Crippen LogP contribution in [0.2, 0.25) is 0 Å². The van der Waals surface area contributed by atoms with Gasteiger partial charge in [-0.25, -0.2) is 4.39 Å². The van der Waals surface area contributed by atoms with Crippen LogP contribution < -0.4 is 4.90 Å². The zero-order valence-electron chi connectivity index (χ0n) is 7.87. The Labute approximate surface area is 77.6 Å². The first-order valence-corrected chi connectivity index (χ1v) is 4.35. The molecule has 2 rings (SSSR count). The molecule has 0 spiro atoms. The number of anilines is 1. The maximum Gasteiger partial charge on any atom is 0.229 e. The van der Waals surface area contributed by atoms with E-state index in [0.29, 0.717) is 6.54 Å². The summed E-state index contributed by atoms with van der Waals surface area (Å²) in [6, 6.07) is 7.91. The van der Waals surface area contributed by atoms with Crippen LogP contribution in [-0.2, 0) is 6.54 Å². The van der Waals surface area contributed by atoms with Crippen LogP contribution in [0.1, 0.15) is 5.56 Å². The molecule has 1 aromatic carbocycles. The van der Waals surface area contributed by atoms with Gasteiger partial charge < -0.3 is 4.90 Å². The maximum absolute atomic E-state index is 13.5. The summed E-state index contributed by atoms with van der Waals surface area (Å²) >= 11 is 0. The van der Waals surface area contributed by atoms with Crippen LogP contribution in [-0.4, -0.2) is 25.4 Å². The fourth-order valence-corrected chi connectivity index (χ4v) is 1.74. The SMILES string of the molecule is CN1Cc2ccccc2N(C)C1F. The van der Waals surface area contributed by atoms with Gasteiger partial charge in [-0.3, -0.25) is 4.90 Å². The first-order chi connectivity index (χ1) is 6.20. The van der Waals surface area contributed by atoms with Gasteiger partial charge in [-0.15, -0.1) is 0 Å². The molecule has 13 heavy (non-hydrogen) atoms. The molecule has 0 N–H and O–H groups in total. The molecule has 0 aromatic heterocycles. The predicted molar refractivity (Wildman–Crippen MR) is 51.2 cm³/mol. The van der Waals surface area contributed by atoms with E-state index < -0.39 is 6.42 Å². The lowest BCUT2D eigenvalue weighted by molar-refractivity contribution is 0.0940. The first kappa shape index (κ1) is 8.51. The Morgan fingerprint density at radius 1 is 1.31 bits per heavy atom. The fraction of sp³-hybridized carbons (Fsp3) is 0.400. The van der Waals surface area contributed by atoms with Crippen molar-refractivity contribution in [2.24, 2.45) is 0 Å². The minimum atomic E-state index is -1.00. The summed E-state index contributed by atoms with van der Waals surface area (Å²) in [5.74, 6) is 0. The molecule has 0 amide bonds. The molecule has 1 aliphatic rings. The number of fused-ring (bicyclic) bond motifs is 1. The van der Waals surface area contributed by atoms with Crippen LogP contribution in [0.5, 0.6) is 0 Å². The van der Waals surface area contributed by atoms with Crippen LogP contribution >= 0.6 is 0 Å². The van der Waals surface area contributed by atoms with Crippen molar-refractivity contribution in [1.82, 2.24) is 4.90 Å². The predicted octanol–water partition coefficient (Wildman–Crippen LogP) is 1.82. The summed E-state index contributed by atoms with van der Waals surface area (Å²) < 4.78 is 13.5. The van der Waals surface area contributed by atoms with Gasteiger partial charge in [0.25, 0.3) is 0 Å². The van der Waals surface area contributed by atoms with E-state index in [1.54, 1.807) is 23.9 Å². The number of benzene rings is 1. The number of hydrogen-bond donors (Lipinski definition) is 0. The van der Waals surface area contributed by atoms with E-state index in [1.807, 2.05) is 24.3 Å². The second kappa shape index (κ2) is 3.00. The number of hydrogen-bond acceptors (Lipinski definition) is 2. The molecule has 1 unspecified atom stereocenters. The lowest BCUT2D eigenvalue weighted by atomic mass is 10.1.